The number of rotatable bonds is 5. The van der Waals surface area contributed by atoms with Crippen molar-refractivity contribution in [3.05, 3.63) is 35.9 Å². The molecule has 6 heteroatoms. The summed E-state index contributed by atoms with van der Waals surface area (Å²) >= 11 is 0. The standard InChI is InChI=1S/C20H28N2O4/c23-15-20(8-12-26-13-9-20)14-21-18(24)16-6-10-22(11-7-16)19(25)17-4-2-1-3-5-17/h1-5,16,23H,6-15H2,(H,21,24). The van der Waals surface area contributed by atoms with Crippen LogP contribution in [0.2, 0.25) is 0 Å². The average molecular weight is 360 g/mol. The molecule has 3 rings (SSSR count). The van der Waals surface area contributed by atoms with Gasteiger partial charge in [-0.1, -0.05) is 18.2 Å². The van der Waals surface area contributed by atoms with E-state index in [1.165, 1.54) is 0 Å². The summed E-state index contributed by atoms with van der Waals surface area (Å²) in [5, 5.41) is 12.7. The van der Waals surface area contributed by atoms with Crippen molar-refractivity contribution in [1.29, 1.82) is 0 Å². The molecular formula is C20H28N2O4. The van der Waals surface area contributed by atoms with Crippen molar-refractivity contribution in [1.82, 2.24) is 10.2 Å². The summed E-state index contributed by atoms with van der Waals surface area (Å²) in [5.74, 6) is 0.00688. The summed E-state index contributed by atoms with van der Waals surface area (Å²) < 4.78 is 5.36. The number of nitrogens with one attached hydrogen (secondary N) is 1. The number of likely N-dealkylation sites (tertiary alicyclic amines) is 1. The first-order chi connectivity index (χ1) is 12.6. The molecule has 2 saturated heterocycles. The molecular weight excluding hydrogens is 332 g/mol. The highest BCUT2D eigenvalue weighted by Gasteiger charge is 2.34. The number of carbonyl (C=O) groups excluding carboxylic acids is 2. The first kappa shape index (κ1) is 18.9. The van der Waals surface area contributed by atoms with Gasteiger partial charge in [0, 0.05) is 49.7 Å². The fraction of sp³-hybridized carbons (Fsp3) is 0.600. The molecule has 2 aliphatic heterocycles. The zero-order valence-corrected chi connectivity index (χ0v) is 15.2. The van der Waals surface area contributed by atoms with Crippen LogP contribution in [0, 0.1) is 11.3 Å². The third-order valence-electron chi connectivity index (χ3n) is 5.70. The maximum atomic E-state index is 12.5. The van der Waals surface area contributed by atoms with E-state index in [9.17, 15) is 14.7 Å². The Labute approximate surface area is 154 Å². The lowest BCUT2D eigenvalue weighted by Crippen LogP contribution is -2.47. The number of aliphatic hydroxyl groups is 1. The van der Waals surface area contributed by atoms with E-state index in [0.717, 1.165) is 12.8 Å². The molecule has 0 spiro atoms. The molecule has 1 aromatic carbocycles. The number of carbonyl (C=O) groups is 2. The van der Waals surface area contributed by atoms with Gasteiger partial charge in [-0.25, -0.2) is 0 Å². The summed E-state index contributed by atoms with van der Waals surface area (Å²) in [6, 6.07) is 9.26. The molecule has 2 fully saturated rings. The van der Waals surface area contributed by atoms with Gasteiger partial charge in [0.05, 0.1) is 6.61 Å². The number of piperidine rings is 1. The molecule has 2 heterocycles. The van der Waals surface area contributed by atoms with E-state index < -0.39 is 0 Å². The van der Waals surface area contributed by atoms with Crippen LogP contribution in [0.15, 0.2) is 30.3 Å². The fourth-order valence-electron chi connectivity index (χ4n) is 3.72. The third-order valence-corrected chi connectivity index (χ3v) is 5.70. The Morgan fingerprint density at radius 1 is 1.15 bits per heavy atom. The molecule has 1 aromatic rings. The summed E-state index contributed by atoms with van der Waals surface area (Å²) in [5.41, 5.74) is 0.442. The second-order valence-electron chi connectivity index (χ2n) is 7.42. The highest BCUT2D eigenvalue weighted by Crippen LogP contribution is 2.29. The zero-order valence-electron chi connectivity index (χ0n) is 15.2. The molecule has 2 amide bonds. The Kier molecular flexibility index (Phi) is 6.27. The SMILES string of the molecule is O=C(NCC1(CO)CCOCC1)C1CCN(C(=O)c2ccccc2)CC1. The molecule has 2 N–H and O–H groups in total. The van der Waals surface area contributed by atoms with E-state index in [1.807, 2.05) is 35.2 Å². The fourth-order valence-corrected chi connectivity index (χ4v) is 3.72. The van der Waals surface area contributed by atoms with E-state index in [-0.39, 0.29) is 29.8 Å². The van der Waals surface area contributed by atoms with Gasteiger partial charge in [0.25, 0.3) is 5.91 Å². The van der Waals surface area contributed by atoms with E-state index in [2.05, 4.69) is 5.32 Å². The van der Waals surface area contributed by atoms with Crippen LogP contribution in [0.5, 0.6) is 0 Å². The van der Waals surface area contributed by atoms with Crippen molar-refractivity contribution >= 4 is 11.8 Å². The average Bonchev–Trinajstić information content (AvgIpc) is 2.73. The quantitative estimate of drug-likeness (QED) is 0.833. The molecule has 0 radical (unpaired) electrons. The van der Waals surface area contributed by atoms with Crippen molar-refractivity contribution in [2.24, 2.45) is 11.3 Å². The minimum Gasteiger partial charge on any atom is -0.396 e. The van der Waals surface area contributed by atoms with Crippen LogP contribution in [0.25, 0.3) is 0 Å². The smallest absolute Gasteiger partial charge is 0.253 e. The Hall–Kier alpha value is -1.92. The van der Waals surface area contributed by atoms with Crippen molar-refractivity contribution in [3.63, 3.8) is 0 Å². The molecule has 6 nitrogen and oxygen atoms in total. The van der Waals surface area contributed by atoms with Crippen molar-refractivity contribution in [3.8, 4) is 0 Å². The van der Waals surface area contributed by atoms with Gasteiger partial charge in [-0.2, -0.15) is 0 Å². The summed E-state index contributed by atoms with van der Waals surface area (Å²) in [6.45, 7) is 3.04. The number of nitrogens with zero attached hydrogens (tertiary/aromatic N) is 1. The van der Waals surface area contributed by atoms with Crippen LogP contribution in [0.4, 0.5) is 0 Å². The predicted octanol–water partition coefficient (Wildman–Crippen LogP) is 1.44. The lowest BCUT2D eigenvalue weighted by Gasteiger charge is -2.36. The number of aliphatic hydroxyl groups excluding tert-OH is 1. The maximum Gasteiger partial charge on any atom is 0.253 e. The van der Waals surface area contributed by atoms with Crippen LogP contribution in [0.1, 0.15) is 36.0 Å². The van der Waals surface area contributed by atoms with Gasteiger partial charge in [0.15, 0.2) is 0 Å². The van der Waals surface area contributed by atoms with Gasteiger partial charge in [0.1, 0.15) is 0 Å². The second kappa shape index (κ2) is 8.64. The van der Waals surface area contributed by atoms with E-state index in [0.29, 0.717) is 51.3 Å². The first-order valence-electron chi connectivity index (χ1n) is 9.44. The second-order valence-corrected chi connectivity index (χ2v) is 7.42. The first-order valence-corrected chi connectivity index (χ1v) is 9.44. The normalized spacial score (nSPS) is 20.6. The van der Waals surface area contributed by atoms with Crippen molar-refractivity contribution < 1.29 is 19.4 Å². The van der Waals surface area contributed by atoms with Crippen LogP contribution in [-0.2, 0) is 9.53 Å². The summed E-state index contributed by atoms with van der Waals surface area (Å²) in [6.07, 6.45) is 2.90. The number of hydrogen-bond acceptors (Lipinski definition) is 4. The van der Waals surface area contributed by atoms with Gasteiger partial charge in [-0.3, -0.25) is 9.59 Å². The lowest BCUT2D eigenvalue weighted by molar-refractivity contribution is -0.127. The van der Waals surface area contributed by atoms with E-state index >= 15 is 0 Å². The number of hydrogen-bond donors (Lipinski definition) is 2. The summed E-state index contributed by atoms with van der Waals surface area (Å²) in [4.78, 5) is 26.8. The molecule has 0 aliphatic carbocycles. The van der Waals surface area contributed by atoms with Gasteiger partial charge >= 0.3 is 0 Å². The predicted molar refractivity (Wildman–Crippen MR) is 97.7 cm³/mol. The van der Waals surface area contributed by atoms with Crippen LogP contribution < -0.4 is 5.32 Å². The van der Waals surface area contributed by atoms with E-state index in [4.69, 9.17) is 4.74 Å². The van der Waals surface area contributed by atoms with Gasteiger partial charge in [-0.15, -0.1) is 0 Å². The van der Waals surface area contributed by atoms with Gasteiger partial charge in [0.2, 0.25) is 5.91 Å². The largest absolute Gasteiger partial charge is 0.396 e. The van der Waals surface area contributed by atoms with Crippen LogP contribution in [-0.4, -0.2) is 61.3 Å². The lowest BCUT2D eigenvalue weighted by atomic mass is 9.81. The zero-order chi connectivity index (χ0) is 18.4. The Bertz CT molecular complexity index is 605. The molecule has 0 atom stereocenters. The molecule has 142 valence electrons. The van der Waals surface area contributed by atoms with Gasteiger partial charge in [-0.05, 0) is 37.8 Å². The summed E-state index contributed by atoms with van der Waals surface area (Å²) in [7, 11) is 0. The Balaban J connectivity index is 1.47. The maximum absolute atomic E-state index is 12.5. The molecule has 0 bridgehead atoms. The van der Waals surface area contributed by atoms with Crippen molar-refractivity contribution in [2.75, 3.05) is 39.5 Å². The van der Waals surface area contributed by atoms with Crippen LogP contribution >= 0.6 is 0 Å². The third kappa shape index (κ3) is 4.43. The number of amides is 2. The Morgan fingerprint density at radius 3 is 2.42 bits per heavy atom. The minimum absolute atomic E-state index is 0.0332. The van der Waals surface area contributed by atoms with E-state index in [1.54, 1.807) is 0 Å². The highest BCUT2D eigenvalue weighted by molar-refractivity contribution is 5.94. The number of ether oxygens (including phenoxy) is 1. The Morgan fingerprint density at radius 2 is 1.81 bits per heavy atom. The molecule has 26 heavy (non-hydrogen) atoms. The van der Waals surface area contributed by atoms with Crippen molar-refractivity contribution in [2.45, 2.75) is 25.7 Å². The molecule has 0 unspecified atom stereocenters. The van der Waals surface area contributed by atoms with Crippen LogP contribution in [0.3, 0.4) is 0 Å². The molecule has 0 aromatic heterocycles. The highest BCUT2D eigenvalue weighted by atomic mass is 16.5. The minimum atomic E-state index is -0.252. The monoisotopic (exact) mass is 360 g/mol. The molecule has 0 saturated carbocycles. The van der Waals surface area contributed by atoms with Gasteiger partial charge < -0.3 is 20.1 Å². The molecule has 2 aliphatic rings. The number of benzene rings is 1. The topological polar surface area (TPSA) is 78.9 Å².